The van der Waals surface area contributed by atoms with Crippen molar-refractivity contribution < 1.29 is 40.7 Å². The summed E-state index contributed by atoms with van der Waals surface area (Å²) in [7, 11) is -3.43. The van der Waals surface area contributed by atoms with E-state index in [1.54, 1.807) is 0 Å². The quantitative estimate of drug-likeness (QED) is 0.206. The fourth-order valence-electron chi connectivity index (χ4n) is 3.37. The van der Waals surface area contributed by atoms with Crippen LogP contribution in [0.15, 0.2) is 69.2 Å². The molecule has 11 nitrogen and oxygen atoms in total. The minimum absolute atomic E-state index is 0.156. The second-order valence-corrected chi connectivity index (χ2v) is 9.82. The highest BCUT2D eigenvalue weighted by atomic mass is 32.2. The van der Waals surface area contributed by atoms with Crippen LogP contribution in [0, 0.1) is 5.82 Å². The van der Waals surface area contributed by atoms with Crippen LogP contribution in [0.1, 0.15) is 12.0 Å². The number of sulfonamides is 1. The van der Waals surface area contributed by atoms with Gasteiger partial charge < -0.3 is 4.74 Å². The molecule has 1 heterocycles. The first-order chi connectivity index (χ1) is 17.7. The van der Waals surface area contributed by atoms with E-state index in [0.717, 1.165) is 25.2 Å². The van der Waals surface area contributed by atoms with E-state index >= 15 is 0 Å². The summed E-state index contributed by atoms with van der Waals surface area (Å²) < 4.78 is 85.2. The molecule has 1 amide bonds. The van der Waals surface area contributed by atoms with Crippen molar-refractivity contribution in [2.75, 3.05) is 7.05 Å². The van der Waals surface area contributed by atoms with Gasteiger partial charge in [-0.1, -0.05) is 6.07 Å². The van der Waals surface area contributed by atoms with Crippen LogP contribution >= 0.6 is 0 Å². The lowest BCUT2D eigenvalue weighted by atomic mass is 10.2. The second-order valence-electron chi connectivity index (χ2n) is 7.83. The number of hydroxylamine groups is 1. The SMILES string of the molecule is CN(C(CCn1cc(C(F)(F)F)c(=O)[nH]c1=O)C(=O)NO)S(=O)(=O)c1ccc(Oc2cccc(F)c2)cc1. The van der Waals surface area contributed by atoms with Crippen molar-refractivity contribution in [3.63, 3.8) is 0 Å². The van der Waals surface area contributed by atoms with Crippen molar-refractivity contribution in [2.45, 2.75) is 30.1 Å². The van der Waals surface area contributed by atoms with Crippen molar-refractivity contribution in [3.8, 4) is 11.5 Å². The molecule has 0 aliphatic heterocycles. The summed E-state index contributed by atoms with van der Waals surface area (Å²) in [6, 6.07) is 8.34. The van der Waals surface area contributed by atoms with Gasteiger partial charge in [0.25, 0.3) is 11.5 Å². The average Bonchev–Trinajstić information content (AvgIpc) is 2.84. The molecule has 0 saturated carbocycles. The Hall–Kier alpha value is -4.02. The Morgan fingerprint density at radius 2 is 1.82 bits per heavy atom. The molecule has 2 aromatic carbocycles. The van der Waals surface area contributed by atoms with Gasteiger partial charge in [0.05, 0.1) is 4.90 Å². The molecular weight excluding hydrogens is 540 g/mol. The van der Waals surface area contributed by atoms with Crippen LogP contribution in [-0.4, -0.2) is 46.5 Å². The summed E-state index contributed by atoms with van der Waals surface area (Å²) in [4.78, 5) is 36.9. The summed E-state index contributed by atoms with van der Waals surface area (Å²) >= 11 is 0. The highest BCUT2D eigenvalue weighted by Crippen LogP contribution is 2.27. The van der Waals surface area contributed by atoms with Crippen molar-refractivity contribution in [1.29, 1.82) is 0 Å². The number of carbonyl (C=O) groups excluding carboxylic acids is 1. The number of aromatic amines is 1. The van der Waals surface area contributed by atoms with Crippen molar-refractivity contribution in [2.24, 2.45) is 0 Å². The number of rotatable bonds is 9. The molecule has 38 heavy (non-hydrogen) atoms. The van der Waals surface area contributed by atoms with Gasteiger partial charge in [-0.15, -0.1) is 0 Å². The van der Waals surface area contributed by atoms with Crippen molar-refractivity contribution in [3.05, 3.63) is 86.9 Å². The largest absolute Gasteiger partial charge is 0.457 e. The van der Waals surface area contributed by atoms with Crippen LogP contribution < -0.4 is 21.5 Å². The molecule has 204 valence electrons. The highest BCUT2D eigenvalue weighted by Gasteiger charge is 2.36. The van der Waals surface area contributed by atoms with Gasteiger partial charge in [0.15, 0.2) is 0 Å². The maximum Gasteiger partial charge on any atom is 0.423 e. The number of ether oxygens (including phenoxy) is 1. The fraction of sp³-hybridized carbons (Fsp3) is 0.227. The predicted molar refractivity (Wildman–Crippen MR) is 123 cm³/mol. The maximum absolute atomic E-state index is 13.3. The number of nitrogens with zero attached hydrogens (tertiary/aromatic N) is 2. The molecule has 0 aliphatic carbocycles. The first-order valence-corrected chi connectivity index (χ1v) is 12.0. The smallest absolute Gasteiger partial charge is 0.423 e. The topological polar surface area (TPSA) is 151 Å². The molecule has 3 rings (SSSR count). The standard InChI is InChI=1S/C22H20F4N4O7S/c1-29(38(35,36)16-7-5-14(6-8-16)37-15-4-2-3-13(23)11-15)18(20(32)28-34)9-10-30-12-17(22(24,25)26)19(31)27-21(30)33/h2-8,11-12,18,34H,9-10H2,1H3,(H,28,32)(H,27,31,33). The first-order valence-electron chi connectivity index (χ1n) is 10.6. The monoisotopic (exact) mass is 560 g/mol. The molecule has 1 unspecified atom stereocenters. The van der Waals surface area contributed by atoms with Crippen LogP contribution in [0.3, 0.4) is 0 Å². The van der Waals surface area contributed by atoms with Gasteiger partial charge in [-0.3, -0.25) is 24.3 Å². The van der Waals surface area contributed by atoms with Crippen LogP contribution in [0.5, 0.6) is 11.5 Å². The zero-order valence-corrected chi connectivity index (χ0v) is 20.2. The fourth-order valence-corrected chi connectivity index (χ4v) is 4.72. The average molecular weight is 560 g/mol. The number of carbonyl (C=O) groups is 1. The number of nitrogens with one attached hydrogen (secondary N) is 2. The normalized spacial score (nSPS) is 12.8. The van der Waals surface area contributed by atoms with Crippen molar-refractivity contribution in [1.82, 2.24) is 19.3 Å². The number of halogens is 4. The molecule has 0 spiro atoms. The first kappa shape index (κ1) is 28.5. The molecule has 0 bridgehead atoms. The number of benzene rings is 2. The second kappa shape index (κ2) is 11.2. The molecular formula is C22H20F4N4O7S. The highest BCUT2D eigenvalue weighted by molar-refractivity contribution is 7.89. The molecule has 0 saturated heterocycles. The summed E-state index contributed by atoms with van der Waals surface area (Å²) in [5.74, 6) is -1.45. The molecule has 1 atom stereocenters. The Morgan fingerprint density at radius 1 is 1.16 bits per heavy atom. The van der Waals surface area contributed by atoms with Gasteiger partial charge in [-0.05, 0) is 42.8 Å². The summed E-state index contributed by atoms with van der Waals surface area (Å²) in [5, 5.41) is 9.10. The summed E-state index contributed by atoms with van der Waals surface area (Å²) in [5.41, 5.74) is -3.26. The van der Waals surface area contributed by atoms with Gasteiger partial charge in [0.2, 0.25) is 10.0 Å². The van der Waals surface area contributed by atoms with Gasteiger partial charge in [0.1, 0.15) is 28.9 Å². The van der Waals surface area contributed by atoms with Crippen LogP contribution in [0.25, 0.3) is 0 Å². The third-order valence-corrected chi connectivity index (χ3v) is 7.22. The third kappa shape index (κ3) is 6.45. The Balaban J connectivity index is 1.83. The Kier molecular flexibility index (Phi) is 8.38. The molecule has 0 aliphatic rings. The number of aryl methyl sites for hydroxylation is 1. The molecule has 0 radical (unpaired) electrons. The van der Waals surface area contributed by atoms with E-state index in [1.807, 2.05) is 0 Å². The lowest BCUT2D eigenvalue weighted by Gasteiger charge is -2.26. The van der Waals surface area contributed by atoms with Gasteiger partial charge in [0, 0.05) is 25.9 Å². The van der Waals surface area contributed by atoms with E-state index in [2.05, 4.69) is 0 Å². The third-order valence-electron chi connectivity index (χ3n) is 5.34. The Morgan fingerprint density at radius 3 is 2.39 bits per heavy atom. The van der Waals surface area contributed by atoms with Gasteiger partial charge >= 0.3 is 11.9 Å². The number of aromatic nitrogens is 2. The minimum Gasteiger partial charge on any atom is -0.457 e. The lowest BCUT2D eigenvalue weighted by molar-refractivity contribution is -0.139. The van der Waals surface area contributed by atoms with E-state index in [9.17, 15) is 40.4 Å². The minimum atomic E-state index is -5.07. The zero-order valence-electron chi connectivity index (χ0n) is 19.4. The lowest BCUT2D eigenvalue weighted by Crippen LogP contribution is -2.47. The zero-order chi connectivity index (χ0) is 28.3. The number of amides is 1. The maximum atomic E-state index is 13.3. The number of hydrogen-bond acceptors (Lipinski definition) is 7. The molecule has 0 fully saturated rings. The van der Waals surface area contributed by atoms with Crippen LogP contribution in [0.2, 0.25) is 0 Å². The Labute approximate surface area is 211 Å². The molecule has 1 aromatic heterocycles. The van der Waals surface area contributed by atoms with Crippen molar-refractivity contribution >= 4 is 15.9 Å². The Bertz CT molecular complexity index is 1540. The van der Waals surface area contributed by atoms with Gasteiger partial charge in [-0.2, -0.15) is 17.5 Å². The molecule has 3 N–H and O–H groups in total. The number of alkyl halides is 3. The summed E-state index contributed by atoms with van der Waals surface area (Å²) in [6.45, 7) is -0.628. The number of hydrogen-bond donors (Lipinski definition) is 3. The molecule has 3 aromatic rings. The van der Waals surface area contributed by atoms with E-state index in [4.69, 9.17) is 9.94 Å². The summed E-state index contributed by atoms with van der Waals surface area (Å²) in [6.07, 6.45) is -5.39. The van der Waals surface area contributed by atoms with Crippen LogP contribution in [0.4, 0.5) is 17.6 Å². The predicted octanol–water partition coefficient (Wildman–Crippen LogP) is 2.07. The van der Waals surface area contributed by atoms with E-state index < -0.39 is 63.7 Å². The van der Waals surface area contributed by atoms with Crippen LogP contribution in [-0.2, 0) is 27.5 Å². The van der Waals surface area contributed by atoms with E-state index in [-0.39, 0.29) is 22.6 Å². The van der Waals surface area contributed by atoms with Gasteiger partial charge in [-0.25, -0.2) is 23.1 Å². The van der Waals surface area contributed by atoms with E-state index in [1.165, 1.54) is 40.8 Å². The number of likely N-dealkylation sites (N-methyl/N-ethyl adjacent to an activating group) is 1. The molecule has 16 heteroatoms. The van der Waals surface area contributed by atoms with E-state index in [0.29, 0.717) is 8.87 Å². The number of H-pyrrole nitrogens is 1.